The molecule has 0 bridgehead atoms. The minimum Gasteiger partial charge on any atom is -0.256 e. The number of aryl methyl sites for hydroxylation is 1. The lowest BCUT2D eigenvalue weighted by Gasteiger charge is -2.05. The molecule has 0 amide bonds. The van der Waals surface area contributed by atoms with Gasteiger partial charge in [0.25, 0.3) is 0 Å². The molecule has 1 heteroatoms. The molecule has 0 aliphatic carbocycles. The van der Waals surface area contributed by atoms with E-state index in [1.807, 2.05) is 12.3 Å². The molecule has 0 spiro atoms. The summed E-state index contributed by atoms with van der Waals surface area (Å²) >= 11 is 0. The number of hydrogen-bond acceptors (Lipinski definition) is 1. The van der Waals surface area contributed by atoms with Crippen LogP contribution in [-0.2, 0) is 6.42 Å². The van der Waals surface area contributed by atoms with Crippen molar-refractivity contribution in [1.29, 1.82) is 0 Å². The Labute approximate surface area is 97.5 Å². The van der Waals surface area contributed by atoms with E-state index >= 15 is 0 Å². The Morgan fingerprint density at radius 3 is 3.00 bits per heavy atom. The lowest BCUT2D eigenvalue weighted by Crippen LogP contribution is -1.89. The zero-order chi connectivity index (χ0) is 11.2. The highest BCUT2D eigenvalue weighted by Crippen LogP contribution is 2.18. The molecule has 1 radical (unpaired) electrons. The van der Waals surface area contributed by atoms with Gasteiger partial charge in [0, 0.05) is 11.6 Å². The fraction of sp³-hybridized carbons (Fsp3) is 0.400. The molecule has 1 aromatic heterocycles. The van der Waals surface area contributed by atoms with Gasteiger partial charge in [-0.3, -0.25) is 4.98 Å². The molecular formula is C15H18N. The molecule has 1 nitrogen and oxygen atoms in total. The van der Waals surface area contributed by atoms with Crippen LogP contribution in [0, 0.1) is 6.07 Å². The van der Waals surface area contributed by atoms with Crippen LogP contribution in [-0.4, -0.2) is 4.98 Å². The van der Waals surface area contributed by atoms with Gasteiger partial charge in [-0.2, -0.15) is 0 Å². The Morgan fingerprint density at radius 1 is 1.19 bits per heavy atom. The van der Waals surface area contributed by atoms with Gasteiger partial charge in [-0.15, -0.1) is 0 Å². The first kappa shape index (κ1) is 11.1. The highest BCUT2D eigenvalue weighted by molar-refractivity contribution is 5.81. The van der Waals surface area contributed by atoms with Crippen LogP contribution in [0.3, 0.4) is 0 Å². The van der Waals surface area contributed by atoms with Gasteiger partial charge >= 0.3 is 0 Å². The van der Waals surface area contributed by atoms with Crippen molar-refractivity contribution in [2.75, 3.05) is 0 Å². The molecule has 0 N–H and O–H groups in total. The summed E-state index contributed by atoms with van der Waals surface area (Å²) in [5, 5.41) is 1.20. The quantitative estimate of drug-likeness (QED) is 0.678. The number of nitrogens with zero attached hydrogens (tertiary/aromatic N) is 1. The van der Waals surface area contributed by atoms with E-state index in [-0.39, 0.29) is 0 Å². The molecule has 0 saturated heterocycles. The largest absolute Gasteiger partial charge is 0.256 e. The molecular weight excluding hydrogens is 194 g/mol. The summed E-state index contributed by atoms with van der Waals surface area (Å²) in [6.45, 7) is 2.25. The molecule has 0 saturated carbocycles. The van der Waals surface area contributed by atoms with E-state index in [0.29, 0.717) is 0 Å². The van der Waals surface area contributed by atoms with Gasteiger partial charge < -0.3 is 0 Å². The smallest absolute Gasteiger partial charge is 0.0710 e. The first-order valence-corrected chi connectivity index (χ1v) is 6.16. The van der Waals surface area contributed by atoms with Gasteiger partial charge in [0.2, 0.25) is 0 Å². The van der Waals surface area contributed by atoms with Crippen LogP contribution in [0.15, 0.2) is 30.5 Å². The van der Waals surface area contributed by atoms with E-state index in [2.05, 4.69) is 36.2 Å². The first-order valence-electron chi connectivity index (χ1n) is 6.16. The molecule has 0 unspecified atom stereocenters. The molecule has 1 aromatic carbocycles. The Kier molecular flexibility index (Phi) is 3.92. The third kappa shape index (κ3) is 2.60. The number of hydrogen-bond donors (Lipinski definition) is 0. The summed E-state index contributed by atoms with van der Waals surface area (Å²) < 4.78 is 0. The van der Waals surface area contributed by atoms with Crippen molar-refractivity contribution in [2.45, 2.75) is 39.0 Å². The highest BCUT2D eigenvalue weighted by Gasteiger charge is 2.00. The van der Waals surface area contributed by atoms with E-state index in [4.69, 9.17) is 0 Å². The van der Waals surface area contributed by atoms with Crippen molar-refractivity contribution in [3.05, 3.63) is 42.1 Å². The average molecular weight is 212 g/mol. The van der Waals surface area contributed by atoms with E-state index in [1.54, 1.807) is 0 Å². The van der Waals surface area contributed by atoms with Crippen molar-refractivity contribution in [3.63, 3.8) is 0 Å². The fourth-order valence-corrected chi connectivity index (χ4v) is 2.05. The number of fused-ring (bicyclic) bond motifs is 1. The van der Waals surface area contributed by atoms with E-state index in [9.17, 15) is 0 Å². The second kappa shape index (κ2) is 5.64. The third-order valence-corrected chi connectivity index (χ3v) is 2.94. The van der Waals surface area contributed by atoms with Gasteiger partial charge in [-0.1, -0.05) is 38.3 Å². The van der Waals surface area contributed by atoms with Crippen LogP contribution in [0.25, 0.3) is 10.9 Å². The van der Waals surface area contributed by atoms with Crippen LogP contribution in [0.2, 0.25) is 0 Å². The molecule has 1 heterocycles. The van der Waals surface area contributed by atoms with Crippen molar-refractivity contribution in [2.24, 2.45) is 0 Å². The van der Waals surface area contributed by atoms with E-state index in [1.165, 1.54) is 36.6 Å². The SMILES string of the molecule is CCCCCCc1cccc2ncc[c]c12. The van der Waals surface area contributed by atoms with Gasteiger partial charge in [0.1, 0.15) is 0 Å². The predicted molar refractivity (Wildman–Crippen MR) is 68.4 cm³/mol. The third-order valence-electron chi connectivity index (χ3n) is 2.94. The standard InChI is InChI=1S/C15H18N/c1-2-3-4-5-8-13-9-6-11-15-14(13)10-7-12-16-15/h6-7,9,11-12H,2-5,8H2,1H3. The molecule has 83 valence electrons. The Hall–Kier alpha value is -1.37. The maximum atomic E-state index is 4.36. The molecule has 2 aromatic rings. The normalized spacial score (nSPS) is 10.8. The van der Waals surface area contributed by atoms with Gasteiger partial charge in [0.15, 0.2) is 0 Å². The van der Waals surface area contributed by atoms with Crippen LogP contribution >= 0.6 is 0 Å². The zero-order valence-corrected chi connectivity index (χ0v) is 9.87. The van der Waals surface area contributed by atoms with Crippen molar-refractivity contribution in [1.82, 2.24) is 4.98 Å². The minimum absolute atomic E-state index is 1.07. The van der Waals surface area contributed by atoms with Gasteiger partial charge in [0.05, 0.1) is 5.52 Å². The molecule has 0 atom stereocenters. The van der Waals surface area contributed by atoms with E-state index in [0.717, 1.165) is 11.9 Å². The summed E-state index contributed by atoms with van der Waals surface area (Å²) in [4.78, 5) is 4.36. The maximum Gasteiger partial charge on any atom is 0.0710 e. The second-order valence-electron chi connectivity index (χ2n) is 4.21. The monoisotopic (exact) mass is 212 g/mol. The Balaban J connectivity index is 2.11. The van der Waals surface area contributed by atoms with Crippen LogP contribution in [0.4, 0.5) is 0 Å². The van der Waals surface area contributed by atoms with Crippen LogP contribution in [0.1, 0.15) is 38.2 Å². The highest BCUT2D eigenvalue weighted by atomic mass is 14.6. The van der Waals surface area contributed by atoms with Crippen LogP contribution in [0.5, 0.6) is 0 Å². The summed E-state index contributed by atoms with van der Waals surface area (Å²) in [5.74, 6) is 0. The Bertz CT molecular complexity index is 443. The lowest BCUT2D eigenvalue weighted by atomic mass is 10.0. The van der Waals surface area contributed by atoms with Crippen molar-refractivity contribution >= 4 is 10.9 Å². The molecule has 0 aliphatic heterocycles. The zero-order valence-electron chi connectivity index (χ0n) is 9.87. The summed E-state index contributed by atoms with van der Waals surface area (Å²) in [6.07, 6.45) is 8.20. The number of aromatic nitrogens is 1. The topological polar surface area (TPSA) is 12.9 Å². The maximum absolute atomic E-state index is 4.36. The Morgan fingerprint density at radius 2 is 2.12 bits per heavy atom. The summed E-state index contributed by atoms with van der Waals surface area (Å²) in [7, 11) is 0. The second-order valence-corrected chi connectivity index (χ2v) is 4.21. The van der Waals surface area contributed by atoms with Crippen LogP contribution < -0.4 is 0 Å². The average Bonchev–Trinajstić information content (AvgIpc) is 2.35. The molecule has 16 heavy (non-hydrogen) atoms. The fourth-order valence-electron chi connectivity index (χ4n) is 2.05. The molecule has 2 rings (SSSR count). The molecule has 0 fully saturated rings. The molecule has 0 aliphatic rings. The lowest BCUT2D eigenvalue weighted by molar-refractivity contribution is 0.668. The first-order chi connectivity index (χ1) is 7.92. The van der Waals surface area contributed by atoms with E-state index < -0.39 is 0 Å². The van der Waals surface area contributed by atoms with Gasteiger partial charge in [-0.25, -0.2) is 0 Å². The number of unbranched alkanes of at least 4 members (excludes halogenated alkanes) is 3. The number of rotatable bonds is 5. The van der Waals surface area contributed by atoms with Crippen molar-refractivity contribution < 1.29 is 0 Å². The summed E-state index contributed by atoms with van der Waals surface area (Å²) in [5.41, 5.74) is 2.46. The predicted octanol–water partition coefficient (Wildman–Crippen LogP) is 4.16. The number of pyridine rings is 1. The van der Waals surface area contributed by atoms with Crippen molar-refractivity contribution in [3.8, 4) is 0 Å². The minimum atomic E-state index is 1.07. The summed E-state index contributed by atoms with van der Waals surface area (Å²) in [6, 6.07) is 11.6. The van der Waals surface area contributed by atoms with Gasteiger partial charge in [-0.05, 0) is 36.6 Å². The number of benzene rings is 1.